The van der Waals surface area contributed by atoms with Crippen molar-refractivity contribution in [1.82, 2.24) is 9.80 Å². The second-order valence-electron chi connectivity index (χ2n) is 5.99. The van der Waals surface area contributed by atoms with Crippen molar-refractivity contribution in [3.63, 3.8) is 0 Å². The third-order valence-corrected chi connectivity index (χ3v) is 5.07. The summed E-state index contributed by atoms with van der Waals surface area (Å²) in [5, 5.41) is 10.3. The van der Waals surface area contributed by atoms with Crippen molar-refractivity contribution >= 4 is 15.9 Å². The minimum atomic E-state index is -0.366. The van der Waals surface area contributed by atoms with Gasteiger partial charge in [0, 0.05) is 43.2 Å². The van der Waals surface area contributed by atoms with Crippen LogP contribution in [-0.2, 0) is 0 Å². The Labute approximate surface area is 137 Å². The van der Waals surface area contributed by atoms with Gasteiger partial charge in [-0.1, -0.05) is 35.0 Å². The molecular weight excluding hydrogens is 328 g/mol. The number of piperazine rings is 1. The molecule has 0 saturated carbocycles. The first kappa shape index (κ1) is 16.9. The van der Waals surface area contributed by atoms with Crippen molar-refractivity contribution in [2.24, 2.45) is 0 Å². The summed E-state index contributed by atoms with van der Waals surface area (Å²) in [4.78, 5) is 5.04. The Morgan fingerprint density at radius 1 is 1.24 bits per heavy atom. The molecule has 2 unspecified atom stereocenters. The maximum atomic E-state index is 10.3. The standard InChI is InChI=1S/C17H27BrN2O/c1-3-14(2)20-11-9-19(10-12-20)8-7-17(21)15-5-4-6-16(18)13-15/h4-6,13-14,17,21H,3,7-12H2,1-2H3. The maximum Gasteiger partial charge on any atom is 0.0802 e. The van der Waals surface area contributed by atoms with E-state index in [1.165, 1.54) is 6.42 Å². The number of rotatable bonds is 6. The van der Waals surface area contributed by atoms with Crippen molar-refractivity contribution in [2.75, 3.05) is 32.7 Å². The Bertz CT molecular complexity index is 433. The fourth-order valence-corrected chi connectivity index (χ4v) is 3.29. The molecule has 1 aliphatic heterocycles. The third kappa shape index (κ3) is 5.06. The smallest absolute Gasteiger partial charge is 0.0802 e. The predicted octanol–water partition coefficient (Wildman–Crippen LogP) is 3.29. The monoisotopic (exact) mass is 354 g/mol. The Morgan fingerprint density at radius 3 is 2.57 bits per heavy atom. The Balaban J connectivity index is 1.74. The van der Waals surface area contributed by atoms with Gasteiger partial charge in [-0.25, -0.2) is 0 Å². The molecule has 1 aromatic rings. The van der Waals surface area contributed by atoms with Gasteiger partial charge in [-0.05, 0) is 37.5 Å². The quantitative estimate of drug-likeness (QED) is 0.848. The van der Waals surface area contributed by atoms with E-state index in [4.69, 9.17) is 0 Å². The topological polar surface area (TPSA) is 26.7 Å². The second kappa shape index (κ2) is 8.28. The molecule has 2 atom stereocenters. The zero-order valence-electron chi connectivity index (χ0n) is 13.1. The summed E-state index contributed by atoms with van der Waals surface area (Å²) in [6.07, 6.45) is 1.66. The first-order valence-electron chi connectivity index (χ1n) is 8.00. The third-order valence-electron chi connectivity index (χ3n) is 4.57. The number of nitrogens with zero attached hydrogens (tertiary/aromatic N) is 2. The normalized spacial score (nSPS) is 20.4. The highest BCUT2D eigenvalue weighted by atomic mass is 79.9. The SMILES string of the molecule is CCC(C)N1CCN(CCC(O)c2cccc(Br)c2)CC1. The molecule has 1 fully saturated rings. The van der Waals surface area contributed by atoms with Crippen molar-refractivity contribution in [1.29, 1.82) is 0 Å². The number of hydrogen-bond donors (Lipinski definition) is 1. The second-order valence-corrected chi connectivity index (χ2v) is 6.91. The average Bonchev–Trinajstić information content (AvgIpc) is 2.52. The van der Waals surface area contributed by atoms with Crippen LogP contribution in [0.2, 0.25) is 0 Å². The zero-order chi connectivity index (χ0) is 15.2. The molecule has 0 spiro atoms. The van der Waals surface area contributed by atoms with Crippen LogP contribution in [0.3, 0.4) is 0 Å². The molecule has 1 heterocycles. The van der Waals surface area contributed by atoms with E-state index < -0.39 is 0 Å². The number of hydrogen-bond acceptors (Lipinski definition) is 3. The van der Waals surface area contributed by atoms with E-state index in [0.29, 0.717) is 6.04 Å². The molecule has 0 radical (unpaired) electrons. The van der Waals surface area contributed by atoms with Gasteiger partial charge in [-0.3, -0.25) is 4.90 Å². The van der Waals surface area contributed by atoms with Gasteiger partial charge in [0.2, 0.25) is 0 Å². The minimum Gasteiger partial charge on any atom is -0.388 e. The van der Waals surface area contributed by atoms with Crippen LogP contribution in [0.4, 0.5) is 0 Å². The van der Waals surface area contributed by atoms with E-state index >= 15 is 0 Å². The molecule has 118 valence electrons. The largest absolute Gasteiger partial charge is 0.388 e. The van der Waals surface area contributed by atoms with E-state index in [1.807, 2.05) is 24.3 Å². The van der Waals surface area contributed by atoms with E-state index in [-0.39, 0.29) is 6.10 Å². The Hall–Kier alpha value is -0.420. The van der Waals surface area contributed by atoms with Gasteiger partial charge in [-0.2, -0.15) is 0 Å². The van der Waals surface area contributed by atoms with Gasteiger partial charge in [0.1, 0.15) is 0 Å². The molecule has 1 saturated heterocycles. The Morgan fingerprint density at radius 2 is 1.95 bits per heavy atom. The highest BCUT2D eigenvalue weighted by Crippen LogP contribution is 2.21. The van der Waals surface area contributed by atoms with Crippen LogP contribution in [0, 0.1) is 0 Å². The molecule has 1 aromatic carbocycles. The van der Waals surface area contributed by atoms with Crippen molar-refractivity contribution < 1.29 is 5.11 Å². The van der Waals surface area contributed by atoms with Gasteiger partial charge in [0.15, 0.2) is 0 Å². The van der Waals surface area contributed by atoms with E-state index in [2.05, 4.69) is 39.6 Å². The van der Waals surface area contributed by atoms with E-state index in [0.717, 1.165) is 49.2 Å². The molecule has 0 bridgehead atoms. The van der Waals surface area contributed by atoms with Crippen LogP contribution >= 0.6 is 15.9 Å². The first-order valence-corrected chi connectivity index (χ1v) is 8.79. The zero-order valence-corrected chi connectivity index (χ0v) is 14.7. The molecule has 3 nitrogen and oxygen atoms in total. The lowest BCUT2D eigenvalue weighted by Gasteiger charge is -2.38. The molecule has 21 heavy (non-hydrogen) atoms. The van der Waals surface area contributed by atoms with Crippen molar-refractivity contribution in [3.05, 3.63) is 34.3 Å². The molecule has 2 rings (SSSR count). The number of aliphatic hydroxyl groups excluding tert-OH is 1. The number of aliphatic hydroxyl groups is 1. The summed E-state index contributed by atoms with van der Waals surface area (Å²) in [6.45, 7) is 10.1. The van der Waals surface area contributed by atoms with Crippen molar-refractivity contribution in [3.8, 4) is 0 Å². The van der Waals surface area contributed by atoms with Crippen LogP contribution in [-0.4, -0.2) is 53.7 Å². The molecular formula is C17H27BrN2O. The van der Waals surface area contributed by atoms with Crippen LogP contribution in [0.5, 0.6) is 0 Å². The lowest BCUT2D eigenvalue weighted by atomic mass is 10.1. The van der Waals surface area contributed by atoms with Crippen LogP contribution in [0.1, 0.15) is 38.4 Å². The fourth-order valence-electron chi connectivity index (χ4n) is 2.87. The van der Waals surface area contributed by atoms with Gasteiger partial charge in [0.05, 0.1) is 6.10 Å². The summed E-state index contributed by atoms with van der Waals surface area (Å²) < 4.78 is 1.03. The molecule has 4 heteroatoms. The van der Waals surface area contributed by atoms with Gasteiger partial charge in [-0.15, -0.1) is 0 Å². The van der Waals surface area contributed by atoms with E-state index in [9.17, 15) is 5.11 Å². The maximum absolute atomic E-state index is 10.3. The van der Waals surface area contributed by atoms with Crippen molar-refractivity contribution in [2.45, 2.75) is 38.8 Å². The van der Waals surface area contributed by atoms with Gasteiger partial charge < -0.3 is 10.0 Å². The Kier molecular flexibility index (Phi) is 6.68. The highest BCUT2D eigenvalue weighted by Gasteiger charge is 2.20. The predicted molar refractivity (Wildman–Crippen MR) is 91.5 cm³/mol. The number of halogens is 1. The lowest BCUT2D eigenvalue weighted by Crippen LogP contribution is -2.49. The molecule has 0 amide bonds. The summed E-state index contributed by atoms with van der Waals surface area (Å²) in [6, 6.07) is 8.67. The summed E-state index contributed by atoms with van der Waals surface area (Å²) in [5.41, 5.74) is 1.00. The van der Waals surface area contributed by atoms with Crippen LogP contribution < -0.4 is 0 Å². The highest BCUT2D eigenvalue weighted by molar-refractivity contribution is 9.10. The van der Waals surface area contributed by atoms with Crippen LogP contribution in [0.25, 0.3) is 0 Å². The van der Waals surface area contributed by atoms with Gasteiger partial charge >= 0.3 is 0 Å². The number of benzene rings is 1. The summed E-state index contributed by atoms with van der Waals surface area (Å²) in [7, 11) is 0. The fraction of sp³-hybridized carbons (Fsp3) is 0.647. The average molecular weight is 355 g/mol. The van der Waals surface area contributed by atoms with Crippen LogP contribution in [0.15, 0.2) is 28.7 Å². The summed E-state index contributed by atoms with van der Waals surface area (Å²) in [5.74, 6) is 0. The minimum absolute atomic E-state index is 0.366. The van der Waals surface area contributed by atoms with E-state index in [1.54, 1.807) is 0 Å². The first-order chi connectivity index (χ1) is 10.1. The van der Waals surface area contributed by atoms with Gasteiger partial charge in [0.25, 0.3) is 0 Å². The molecule has 1 N–H and O–H groups in total. The lowest BCUT2D eigenvalue weighted by molar-refractivity contribution is 0.0830. The summed E-state index contributed by atoms with van der Waals surface area (Å²) >= 11 is 3.46. The molecule has 0 aliphatic carbocycles. The molecule has 0 aromatic heterocycles. The molecule has 1 aliphatic rings.